The van der Waals surface area contributed by atoms with Gasteiger partial charge in [0.1, 0.15) is 24.5 Å². The second kappa shape index (κ2) is 3.89. The van der Waals surface area contributed by atoms with E-state index in [1.54, 1.807) is 12.1 Å². The van der Waals surface area contributed by atoms with Crippen LogP contribution in [-0.2, 0) is 4.74 Å². The van der Waals surface area contributed by atoms with Crippen molar-refractivity contribution >= 4 is 28.5 Å². The number of carbonyl (C=O) groups excluding carboxylic acids is 1. The molecule has 0 aliphatic carbocycles. The monoisotopic (exact) mass is 249 g/mol. The molecule has 1 aliphatic rings. The minimum atomic E-state index is -0.410. The number of carbonyl (C=O) groups is 1. The van der Waals surface area contributed by atoms with Crippen LogP contribution in [0, 0.1) is 0 Å². The molecule has 0 radical (unpaired) electrons. The molecule has 4 nitrogen and oxygen atoms in total. The molecule has 2 aromatic rings. The topological polar surface area (TPSA) is 48.4 Å². The summed E-state index contributed by atoms with van der Waals surface area (Å²) >= 11 is 6.04. The number of hydrogen-bond donors (Lipinski definition) is 0. The van der Waals surface area contributed by atoms with Crippen LogP contribution < -0.4 is 4.74 Å². The highest BCUT2D eigenvalue weighted by atomic mass is 35.5. The predicted molar refractivity (Wildman–Crippen MR) is 62.5 cm³/mol. The molecular weight excluding hydrogens is 242 g/mol. The molecule has 0 spiro atoms. The Morgan fingerprint density at radius 1 is 1.24 bits per heavy atom. The van der Waals surface area contributed by atoms with Crippen LogP contribution in [0.2, 0.25) is 5.02 Å². The molecule has 0 saturated carbocycles. The third-order valence-electron chi connectivity index (χ3n) is 2.58. The molecule has 0 fully saturated rings. The van der Waals surface area contributed by atoms with Gasteiger partial charge in [0.15, 0.2) is 0 Å². The molecule has 1 aromatic carbocycles. The third-order valence-corrected chi connectivity index (χ3v) is 2.89. The highest BCUT2D eigenvalue weighted by Crippen LogP contribution is 2.33. The quantitative estimate of drug-likeness (QED) is 0.673. The van der Waals surface area contributed by atoms with Crippen molar-refractivity contribution in [2.24, 2.45) is 0 Å². The average molecular weight is 250 g/mol. The minimum absolute atomic E-state index is 0.246. The van der Waals surface area contributed by atoms with Crippen LogP contribution in [0.15, 0.2) is 24.4 Å². The number of cyclic esters (lactones) is 1. The summed E-state index contributed by atoms with van der Waals surface area (Å²) in [6.07, 6.45) is 1.44. The molecule has 86 valence electrons. The first-order chi connectivity index (χ1) is 8.27. The Morgan fingerprint density at radius 2 is 2.06 bits per heavy atom. The summed E-state index contributed by atoms with van der Waals surface area (Å²) in [6.45, 7) is 0.583. The lowest BCUT2D eigenvalue weighted by atomic mass is 10.1. The number of pyridine rings is 1. The van der Waals surface area contributed by atoms with Crippen molar-refractivity contribution < 1.29 is 14.3 Å². The van der Waals surface area contributed by atoms with E-state index in [1.165, 1.54) is 6.20 Å². The number of nitrogens with zero attached hydrogens (tertiary/aromatic N) is 1. The summed E-state index contributed by atoms with van der Waals surface area (Å²) in [5.41, 5.74) is 0.972. The highest BCUT2D eigenvalue weighted by molar-refractivity contribution is 6.35. The minimum Gasteiger partial charge on any atom is -0.488 e. The maximum atomic E-state index is 11.7. The molecule has 0 N–H and O–H groups in total. The fourth-order valence-electron chi connectivity index (χ4n) is 1.82. The molecular formula is C12H8ClNO3. The maximum absolute atomic E-state index is 11.7. The van der Waals surface area contributed by atoms with E-state index in [0.29, 0.717) is 28.5 Å². The molecule has 2 heterocycles. The van der Waals surface area contributed by atoms with Gasteiger partial charge in [0.25, 0.3) is 0 Å². The molecule has 17 heavy (non-hydrogen) atoms. The van der Waals surface area contributed by atoms with E-state index in [9.17, 15) is 4.79 Å². The van der Waals surface area contributed by atoms with Gasteiger partial charge in [0.05, 0.1) is 10.5 Å². The smallest absolute Gasteiger partial charge is 0.343 e. The number of benzene rings is 1. The summed E-state index contributed by atoms with van der Waals surface area (Å²) in [5, 5.41) is 1.26. The van der Waals surface area contributed by atoms with E-state index in [1.807, 2.05) is 6.07 Å². The number of hydrogen-bond acceptors (Lipinski definition) is 4. The van der Waals surface area contributed by atoms with Gasteiger partial charge in [0, 0.05) is 11.6 Å². The Labute approximate surface area is 102 Å². The molecule has 0 atom stereocenters. The lowest BCUT2D eigenvalue weighted by molar-refractivity contribution is 0.0492. The number of aromatic nitrogens is 1. The van der Waals surface area contributed by atoms with Crippen LogP contribution in [0.25, 0.3) is 10.9 Å². The van der Waals surface area contributed by atoms with Crippen molar-refractivity contribution in [2.75, 3.05) is 13.2 Å². The van der Waals surface area contributed by atoms with Crippen LogP contribution in [0.3, 0.4) is 0 Å². The first-order valence-corrected chi connectivity index (χ1v) is 5.52. The van der Waals surface area contributed by atoms with Crippen molar-refractivity contribution in [2.45, 2.75) is 0 Å². The molecule has 3 rings (SSSR count). The molecule has 0 unspecified atom stereocenters. The second-order valence-electron chi connectivity index (χ2n) is 3.62. The van der Waals surface area contributed by atoms with Gasteiger partial charge in [-0.3, -0.25) is 4.98 Å². The largest absolute Gasteiger partial charge is 0.488 e. The SMILES string of the molecule is O=C1OCCOc2c1cnc1c(Cl)cccc21. The Balaban J connectivity index is 2.35. The first kappa shape index (κ1) is 10.4. The highest BCUT2D eigenvalue weighted by Gasteiger charge is 2.21. The summed E-state index contributed by atoms with van der Waals surface area (Å²) in [5.74, 6) is 0.0897. The van der Waals surface area contributed by atoms with E-state index in [0.717, 1.165) is 5.39 Å². The average Bonchev–Trinajstić information content (AvgIpc) is 2.52. The van der Waals surface area contributed by atoms with Crippen molar-refractivity contribution in [3.8, 4) is 5.75 Å². The Bertz CT molecular complexity index is 612. The zero-order valence-electron chi connectivity index (χ0n) is 8.77. The molecule has 0 amide bonds. The van der Waals surface area contributed by atoms with E-state index in [4.69, 9.17) is 21.1 Å². The first-order valence-electron chi connectivity index (χ1n) is 5.14. The van der Waals surface area contributed by atoms with Gasteiger partial charge in [-0.25, -0.2) is 4.79 Å². The lowest BCUT2D eigenvalue weighted by Crippen LogP contribution is -2.05. The summed E-state index contributed by atoms with van der Waals surface area (Å²) in [4.78, 5) is 15.8. The summed E-state index contributed by atoms with van der Waals surface area (Å²) in [7, 11) is 0. The molecule has 0 saturated heterocycles. The molecule has 1 aromatic heterocycles. The van der Waals surface area contributed by atoms with Crippen LogP contribution in [0.1, 0.15) is 10.4 Å². The van der Waals surface area contributed by atoms with Gasteiger partial charge < -0.3 is 9.47 Å². The number of rotatable bonds is 0. The zero-order chi connectivity index (χ0) is 11.8. The van der Waals surface area contributed by atoms with Crippen LogP contribution in [0.4, 0.5) is 0 Å². The van der Waals surface area contributed by atoms with E-state index in [2.05, 4.69) is 4.98 Å². The molecule has 0 bridgehead atoms. The molecule has 1 aliphatic heterocycles. The van der Waals surface area contributed by atoms with Crippen molar-refractivity contribution in [1.82, 2.24) is 4.98 Å². The Morgan fingerprint density at radius 3 is 2.94 bits per heavy atom. The van der Waals surface area contributed by atoms with E-state index >= 15 is 0 Å². The van der Waals surface area contributed by atoms with Gasteiger partial charge in [-0.1, -0.05) is 17.7 Å². The summed E-state index contributed by atoms with van der Waals surface area (Å²) < 4.78 is 10.5. The third kappa shape index (κ3) is 1.61. The second-order valence-corrected chi connectivity index (χ2v) is 4.03. The number of esters is 1. The summed E-state index contributed by atoms with van der Waals surface area (Å²) in [6, 6.07) is 5.37. The van der Waals surface area contributed by atoms with Gasteiger partial charge in [-0.2, -0.15) is 0 Å². The Kier molecular flexibility index (Phi) is 2.37. The fourth-order valence-corrected chi connectivity index (χ4v) is 2.04. The van der Waals surface area contributed by atoms with Crippen LogP contribution in [-0.4, -0.2) is 24.2 Å². The standard InChI is InChI=1S/C12H8ClNO3/c13-9-3-1-2-7-10(9)14-6-8-11(7)16-4-5-17-12(8)15/h1-3,6H,4-5H2. The number of ether oxygens (including phenoxy) is 2. The number of fused-ring (bicyclic) bond motifs is 3. The Hall–Kier alpha value is -1.81. The number of halogens is 1. The lowest BCUT2D eigenvalue weighted by Gasteiger charge is -2.08. The normalized spacial score (nSPS) is 14.8. The molecule has 5 heteroatoms. The van der Waals surface area contributed by atoms with Crippen molar-refractivity contribution in [3.63, 3.8) is 0 Å². The number of para-hydroxylation sites is 1. The van der Waals surface area contributed by atoms with E-state index in [-0.39, 0.29) is 6.61 Å². The van der Waals surface area contributed by atoms with E-state index < -0.39 is 5.97 Å². The predicted octanol–water partition coefficient (Wildman–Crippen LogP) is 2.44. The van der Waals surface area contributed by atoms with Crippen molar-refractivity contribution in [3.05, 3.63) is 35.0 Å². The van der Waals surface area contributed by atoms with Gasteiger partial charge in [0.2, 0.25) is 0 Å². The van der Waals surface area contributed by atoms with Crippen molar-refractivity contribution in [1.29, 1.82) is 0 Å². The van der Waals surface area contributed by atoms with Crippen LogP contribution in [0.5, 0.6) is 5.75 Å². The fraction of sp³-hybridized carbons (Fsp3) is 0.167. The van der Waals surface area contributed by atoms with Crippen LogP contribution >= 0.6 is 11.6 Å². The van der Waals surface area contributed by atoms with Gasteiger partial charge in [-0.05, 0) is 12.1 Å². The zero-order valence-corrected chi connectivity index (χ0v) is 9.53. The maximum Gasteiger partial charge on any atom is 0.343 e. The van der Waals surface area contributed by atoms with Gasteiger partial charge >= 0.3 is 5.97 Å². The van der Waals surface area contributed by atoms with Gasteiger partial charge in [-0.15, -0.1) is 0 Å².